The van der Waals surface area contributed by atoms with Gasteiger partial charge >= 0.3 is 5.97 Å². The van der Waals surface area contributed by atoms with Gasteiger partial charge in [0.25, 0.3) is 0 Å². The molecule has 1 N–H and O–H groups in total. The van der Waals surface area contributed by atoms with E-state index in [0.717, 1.165) is 42.0 Å². The Hall–Kier alpha value is -2.60. The third kappa shape index (κ3) is 4.40. The van der Waals surface area contributed by atoms with Crippen LogP contribution >= 0.6 is 0 Å². The first-order chi connectivity index (χ1) is 14.8. The second-order valence-corrected chi connectivity index (χ2v) is 9.44. The summed E-state index contributed by atoms with van der Waals surface area (Å²) < 4.78 is 16.6. The van der Waals surface area contributed by atoms with Crippen LogP contribution in [0.25, 0.3) is 0 Å². The number of hydrogen-bond acceptors (Lipinski definition) is 6. The lowest BCUT2D eigenvalue weighted by molar-refractivity contribution is -0.142. The maximum absolute atomic E-state index is 13.3. The number of ether oxygens (including phenoxy) is 3. The number of nitrogens with one attached hydrogen (secondary N) is 1. The summed E-state index contributed by atoms with van der Waals surface area (Å²) in [6.07, 6.45) is 3.05. The molecule has 0 bridgehead atoms. The molecule has 0 unspecified atom stereocenters. The number of allylic oxidation sites excluding steroid dienone is 3. The Bertz CT molecular complexity index is 935. The number of carbonyl (C=O) groups is 2. The van der Waals surface area contributed by atoms with Gasteiger partial charge in [-0.25, -0.2) is 4.79 Å². The standard InChI is InChI=1S/C25H31NO5/c1-15-21(24(28)31-14-18-6-5-11-30-18)22(16-7-9-17(29-4)10-8-16)23-19(26-15)12-25(2,3)13-20(23)27/h7-10,18,22,26H,5-6,11-14H2,1-4H3/t18-,22-/m1/s1. The van der Waals surface area contributed by atoms with E-state index in [-0.39, 0.29) is 23.9 Å². The van der Waals surface area contributed by atoms with Crippen LogP contribution in [0, 0.1) is 5.41 Å². The smallest absolute Gasteiger partial charge is 0.336 e. The van der Waals surface area contributed by atoms with Gasteiger partial charge in [-0.1, -0.05) is 26.0 Å². The van der Waals surface area contributed by atoms with Crippen molar-refractivity contribution < 1.29 is 23.8 Å². The molecule has 4 rings (SSSR count). The van der Waals surface area contributed by atoms with Crippen molar-refractivity contribution in [3.8, 4) is 5.75 Å². The molecule has 1 fully saturated rings. The molecule has 2 heterocycles. The zero-order valence-electron chi connectivity index (χ0n) is 18.7. The van der Waals surface area contributed by atoms with E-state index in [4.69, 9.17) is 14.2 Å². The van der Waals surface area contributed by atoms with Crippen LogP contribution in [0.3, 0.4) is 0 Å². The van der Waals surface area contributed by atoms with Gasteiger partial charge in [0.15, 0.2) is 5.78 Å². The van der Waals surface area contributed by atoms with Crippen molar-refractivity contribution in [2.45, 2.75) is 58.5 Å². The van der Waals surface area contributed by atoms with E-state index in [0.29, 0.717) is 24.2 Å². The second-order valence-electron chi connectivity index (χ2n) is 9.44. The number of rotatable bonds is 5. The molecule has 2 atom stereocenters. The van der Waals surface area contributed by atoms with Crippen molar-refractivity contribution in [1.29, 1.82) is 0 Å². The van der Waals surface area contributed by atoms with Crippen LogP contribution in [0.5, 0.6) is 5.75 Å². The van der Waals surface area contributed by atoms with Gasteiger partial charge in [0.1, 0.15) is 12.4 Å². The fraction of sp³-hybridized carbons (Fsp3) is 0.520. The predicted octanol–water partition coefficient (Wildman–Crippen LogP) is 4.02. The Labute approximate surface area is 183 Å². The van der Waals surface area contributed by atoms with Gasteiger partial charge in [0, 0.05) is 35.9 Å². The van der Waals surface area contributed by atoms with Crippen LogP contribution in [0.4, 0.5) is 0 Å². The quantitative estimate of drug-likeness (QED) is 0.719. The molecule has 3 aliphatic rings. The third-order valence-electron chi connectivity index (χ3n) is 6.33. The molecule has 1 aromatic rings. The molecule has 0 radical (unpaired) electrons. The minimum absolute atomic E-state index is 0.0484. The molecular formula is C25H31NO5. The number of Topliss-reactive ketones (excluding diaryl/α,β-unsaturated/α-hetero) is 1. The van der Waals surface area contributed by atoms with Crippen LogP contribution in [0.1, 0.15) is 57.9 Å². The van der Waals surface area contributed by atoms with E-state index in [1.807, 2.05) is 31.2 Å². The first-order valence-corrected chi connectivity index (χ1v) is 11.0. The molecule has 0 saturated carbocycles. The van der Waals surface area contributed by atoms with E-state index >= 15 is 0 Å². The van der Waals surface area contributed by atoms with E-state index in [1.54, 1.807) is 7.11 Å². The number of esters is 1. The zero-order valence-corrected chi connectivity index (χ0v) is 18.7. The van der Waals surface area contributed by atoms with E-state index in [9.17, 15) is 9.59 Å². The second kappa shape index (κ2) is 8.50. The van der Waals surface area contributed by atoms with Crippen molar-refractivity contribution in [3.63, 3.8) is 0 Å². The largest absolute Gasteiger partial charge is 0.497 e. The number of hydrogen-bond donors (Lipinski definition) is 1. The normalized spacial score (nSPS) is 25.2. The average Bonchev–Trinajstić information content (AvgIpc) is 3.24. The maximum atomic E-state index is 13.3. The summed E-state index contributed by atoms with van der Waals surface area (Å²) in [6.45, 7) is 7.03. The highest BCUT2D eigenvalue weighted by molar-refractivity contribution is 6.04. The summed E-state index contributed by atoms with van der Waals surface area (Å²) in [4.78, 5) is 26.5. The summed E-state index contributed by atoms with van der Waals surface area (Å²) in [5.41, 5.74) is 3.59. The minimum atomic E-state index is -0.456. The molecule has 1 aliphatic carbocycles. The van der Waals surface area contributed by atoms with Crippen molar-refractivity contribution in [2.75, 3.05) is 20.3 Å². The lowest BCUT2D eigenvalue weighted by Gasteiger charge is -2.39. The Morgan fingerprint density at radius 3 is 2.61 bits per heavy atom. The maximum Gasteiger partial charge on any atom is 0.336 e. The van der Waals surface area contributed by atoms with E-state index in [2.05, 4.69) is 19.2 Å². The van der Waals surface area contributed by atoms with Gasteiger partial charge < -0.3 is 19.5 Å². The van der Waals surface area contributed by atoms with Crippen molar-refractivity contribution in [3.05, 3.63) is 52.4 Å². The Morgan fingerprint density at radius 2 is 1.97 bits per heavy atom. The van der Waals surface area contributed by atoms with Gasteiger partial charge in [0.2, 0.25) is 0 Å². The van der Waals surface area contributed by atoms with Crippen LogP contribution in [-0.4, -0.2) is 38.2 Å². The number of methoxy groups -OCH3 is 1. The fourth-order valence-electron chi connectivity index (χ4n) is 4.86. The Kier molecular flexibility index (Phi) is 5.93. The van der Waals surface area contributed by atoms with Crippen LogP contribution in [0.2, 0.25) is 0 Å². The Morgan fingerprint density at radius 1 is 1.23 bits per heavy atom. The molecule has 2 aliphatic heterocycles. The van der Waals surface area contributed by atoms with Gasteiger partial charge in [0.05, 0.1) is 18.8 Å². The molecular weight excluding hydrogens is 394 g/mol. The summed E-state index contributed by atoms with van der Waals surface area (Å²) in [6, 6.07) is 7.57. The molecule has 0 aromatic heterocycles. The molecule has 6 heteroatoms. The summed E-state index contributed by atoms with van der Waals surface area (Å²) in [7, 11) is 1.62. The average molecular weight is 426 g/mol. The SMILES string of the molecule is COc1ccc([C@@H]2C(C(=O)OC[C@H]3CCCO3)=C(C)NC3=C2C(=O)CC(C)(C)C3)cc1. The summed E-state index contributed by atoms with van der Waals surface area (Å²) >= 11 is 0. The van der Waals surface area contributed by atoms with Crippen LogP contribution < -0.4 is 10.1 Å². The highest BCUT2D eigenvalue weighted by Crippen LogP contribution is 2.47. The Balaban J connectivity index is 1.71. The molecule has 31 heavy (non-hydrogen) atoms. The highest BCUT2D eigenvalue weighted by Gasteiger charge is 2.43. The molecule has 0 amide bonds. The topological polar surface area (TPSA) is 73.9 Å². The zero-order chi connectivity index (χ0) is 22.2. The number of benzene rings is 1. The van der Waals surface area contributed by atoms with Gasteiger partial charge in [-0.15, -0.1) is 0 Å². The first-order valence-electron chi connectivity index (χ1n) is 11.0. The van der Waals surface area contributed by atoms with Gasteiger partial charge in [-0.05, 0) is 49.3 Å². The first kappa shape index (κ1) is 21.6. The number of carbonyl (C=O) groups excluding carboxylic acids is 2. The van der Waals surface area contributed by atoms with Crippen molar-refractivity contribution in [2.24, 2.45) is 5.41 Å². The van der Waals surface area contributed by atoms with Crippen molar-refractivity contribution >= 4 is 11.8 Å². The third-order valence-corrected chi connectivity index (χ3v) is 6.33. The molecule has 6 nitrogen and oxygen atoms in total. The van der Waals surface area contributed by atoms with E-state index < -0.39 is 11.9 Å². The lowest BCUT2D eigenvalue weighted by atomic mass is 9.68. The summed E-state index contributed by atoms with van der Waals surface area (Å²) in [5.74, 6) is -0.0454. The molecule has 1 aromatic carbocycles. The van der Waals surface area contributed by atoms with Gasteiger partial charge in [-0.3, -0.25) is 4.79 Å². The molecule has 166 valence electrons. The lowest BCUT2D eigenvalue weighted by Crippen LogP contribution is -2.39. The van der Waals surface area contributed by atoms with Crippen molar-refractivity contribution in [1.82, 2.24) is 5.32 Å². The molecule has 0 spiro atoms. The van der Waals surface area contributed by atoms with Crippen LogP contribution in [-0.2, 0) is 19.1 Å². The van der Waals surface area contributed by atoms with E-state index in [1.165, 1.54) is 0 Å². The van der Waals surface area contributed by atoms with Crippen LogP contribution in [0.15, 0.2) is 46.8 Å². The number of ketones is 1. The summed E-state index contributed by atoms with van der Waals surface area (Å²) in [5, 5.41) is 3.37. The highest BCUT2D eigenvalue weighted by atomic mass is 16.6. The number of dihydropyridines is 1. The minimum Gasteiger partial charge on any atom is -0.497 e. The van der Waals surface area contributed by atoms with Gasteiger partial charge in [-0.2, -0.15) is 0 Å². The fourth-order valence-corrected chi connectivity index (χ4v) is 4.86. The molecule has 1 saturated heterocycles. The monoisotopic (exact) mass is 425 g/mol. The predicted molar refractivity (Wildman–Crippen MR) is 117 cm³/mol.